The van der Waals surface area contributed by atoms with Gasteiger partial charge in [-0.1, -0.05) is 18.2 Å². The molecular weight excluding hydrogens is 291 g/mol. The molecule has 0 bridgehead atoms. The Morgan fingerprint density at radius 2 is 1.76 bits per heavy atom. The molecule has 0 amide bonds. The van der Waals surface area contributed by atoms with Gasteiger partial charge in [-0.2, -0.15) is 0 Å². The van der Waals surface area contributed by atoms with Crippen LogP contribution >= 0.6 is 0 Å². The van der Waals surface area contributed by atoms with Crippen molar-refractivity contribution in [1.82, 2.24) is 4.31 Å². The summed E-state index contributed by atoms with van der Waals surface area (Å²) in [7, 11) is -0.456. The Hall–Kier alpha value is -1.92. The SMILES string of the molecule is CN(C)S(=O)(=O)c1cccc(NCc2ccc(F)cc2)c1. The van der Waals surface area contributed by atoms with E-state index in [9.17, 15) is 12.8 Å². The normalized spacial score (nSPS) is 11.6. The maximum absolute atomic E-state index is 12.8. The van der Waals surface area contributed by atoms with Crippen molar-refractivity contribution < 1.29 is 12.8 Å². The summed E-state index contributed by atoms with van der Waals surface area (Å²) in [4.78, 5) is 0.233. The van der Waals surface area contributed by atoms with Crippen molar-refractivity contribution in [2.24, 2.45) is 0 Å². The molecule has 6 heteroatoms. The first-order valence-electron chi connectivity index (χ1n) is 6.40. The van der Waals surface area contributed by atoms with E-state index in [1.807, 2.05) is 0 Å². The number of halogens is 1. The molecule has 2 aromatic rings. The molecule has 112 valence electrons. The molecule has 0 aromatic heterocycles. The Morgan fingerprint density at radius 1 is 1.10 bits per heavy atom. The molecule has 21 heavy (non-hydrogen) atoms. The van der Waals surface area contributed by atoms with Crippen LogP contribution in [0.5, 0.6) is 0 Å². The van der Waals surface area contributed by atoms with Crippen molar-refractivity contribution in [3.63, 3.8) is 0 Å². The highest BCUT2D eigenvalue weighted by Gasteiger charge is 2.16. The average molecular weight is 308 g/mol. The standard InChI is InChI=1S/C15H17FN2O2S/c1-18(2)21(19,20)15-5-3-4-14(10-15)17-11-12-6-8-13(16)9-7-12/h3-10,17H,11H2,1-2H3. The molecule has 0 aliphatic carbocycles. The molecule has 0 saturated carbocycles. The van der Waals surface area contributed by atoms with Gasteiger partial charge in [0.2, 0.25) is 10.0 Å². The summed E-state index contributed by atoms with van der Waals surface area (Å²) in [5.41, 5.74) is 1.61. The second kappa shape index (κ2) is 6.24. The number of benzene rings is 2. The van der Waals surface area contributed by atoms with Crippen LogP contribution in [0.1, 0.15) is 5.56 Å². The third-order valence-electron chi connectivity index (χ3n) is 3.02. The van der Waals surface area contributed by atoms with Crippen molar-refractivity contribution in [3.8, 4) is 0 Å². The Bertz CT molecular complexity index is 713. The number of hydrogen-bond donors (Lipinski definition) is 1. The fourth-order valence-electron chi connectivity index (χ4n) is 1.78. The van der Waals surface area contributed by atoms with Gasteiger partial charge in [-0.15, -0.1) is 0 Å². The van der Waals surface area contributed by atoms with Crippen LogP contribution in [-0.4, -0.2) is 26.8 Å². The van der Waals surface area contributed by atoms with Crippen LogP contribution in [0.4, 0.5) is 10.1 Å². The summed E-state index contributed by atoms with van der Waals surface area (Å²) in [6.45, 7) is 0.492. The van der Waals surface area contributed by atoms with Crippen molar-refractivity contribution in [2.75, 3.05) is 19.4 Å². The van der Waals surface area contributed by atoms with Gasteiger partial charge in [0, 0.05) is 26.3 Å². The highest BCUT2D eigenvalue weighted by atomic mass is 32.2. The third kappa shape index (κ3) is 3.80. The van der Waals surface area contributed by atoms with Crippen LogP contribution in [0.25, 0.3) is 0 Å². The monoisotopic (exact) mass is 308 g/mol. The molecule has 4 nitrogen and oxygen atoms in total. The molecule has 0 spiro atoms. The molecular formula is C15H17FN2O2S. The molecule has 0 heterocycles. The predicted octanol–water partition coefficient (Wildman–Crippen LogP) is 2.69. The first kappa shape index (κ1) is 15.5. The van der Waals surface area contributed by atoms with Gasteiger partial charge in [-0.3, -0.25) is 0 Å². The fraction of sp³-hybridized carbons (Fsp3) is 0.200. The second-order valence-corrected chi connectivity index (χ2v) is 6.95. The first-order chi connectivity index (χ1) is 9.89. The summed E-state index contributed by atoms with van der Waals surface area (Å²) < 4.78 is 38.1. The molecule has 0 aliphatic rings. The van der Waals surface area contributed by atoms with Crippen molar-refractivity contribution in [1.29, 1.82) is 0 Å². The van der Waals surface area contributed by atoms with E-state index in [0.29, 0.717) is 12.2 Å². The summed E-state index contributed by atoms with van der Waals surface area (Å²) in [5.74, 6) is -0.280. The topological polar surface area (TPSA) is 49.4 Å². The van der Waals surface area contributed by atoms with Gasteiger partial charge in [-0.05, 0) is 35.9 Å². The minimum atomic E-state index is -3.44. The number of nitrogens with zero attached hydrogens (tertiary/aromatic N) is 1. The van der Waals surface area contributed by atoms with E-state index in [0.717, 1.165) is 5.56 Å². The highest BCUT2D eigenvalue weighted by Crippen LogP contribution is 2.18. The number of hydrogen-bond acceptors (Lipinski definition) is 3. The first-order valence-corrected chi connectivity index (χ1v) is 7.84. The van der Waals surface area contributed by atoms with E-state index < -0.39 is 10.0 Å². The molecule has 0 saturated heterocycles. The summed E-state index contributed by atoms with van der Waals surface area (Å²) >= 11 is 0. The van der Waals surface area contributed by atoms with E-state index in [1.165, 1.54) is 30.5 Å². The lowest BCUT2D eigenvalue weighted by Gasteiger charge is -2.13. The van der Waals surface area contributed by atoms with Crippen LogP contribution in [0, 0.1) is 5.82 Å². The van der Waals surface area contributed by atoms with E-state index in [-0.39, 0.29) is 10.7 Å². The molecule has 2 aromatic carbocycles. The van der Waals surface area contributed by atoms with Gasteiger partial charge in [0.1, 0.15) is 5.82 Å². The van der Waals surface area contributed by atoms with E-state index in [2.05, 4.69) is 5.32 Å². The van der Waals surface area contributed by atoms with Crippen LogP contribution in [0.3, 0.4) is 0 Å². The Labute approximate surface area is 124 Å². The zero-order valence-electron chi connectivity index (χ0n) is 11.9. The lowest BCUT2D eigenvalue weighted by molar-refractivity contribution is 0.521. The fourth-order valence-corrected chi connectivity index (χ4v) is 2.73. The summed E-state index contributed by atoms with van der Waals surface area (Å²) in [6, 6.07) is 12.8. The molecule has 0 unspecified atom stereocenters. The Kier molecular flexibility index (Phi) is 4.59. The van der Waals surface area contributed by atoms with Crippen LogP contribution in [0.15, 0.2) is 53.4 Å². The molecule has 0 atom stereocenters. The lowest BCUT2D eigenvalue weighted by Crippen LogP contribution is -2.22. The largest absolute Gasteiger partial charge is 0.381 e. The van der Waals surface area contributed by atoms with E-state index in [1.54, 1.807) is 36.4 Å². The highest BCUT2D eigenvalue weighted by molar-refractivity contribution is 7.89. The quantitative estimate of drug-likeness (QED) is 0.924. The van der Waals surface area contributed by atoms with Crippen LogP contribution < -0.4 is 5.32 Å². The zero-order chi connectivity index (χ0) is 15.5. The summed E-state index contributed by atoms with van der Waals surface area (Å²) in [6.07, 6.45) is 0. The van der Waals surface area contributed by atoms with E-state index >= 15 is 0 Å². The van der Waals surface area contributed by atoms with Gasteiger partial charge in [-0.25, -0.2) is 17.1 Å². The smallest absolute Gasteiger partial charge is 0.242 e. The molecule has 0 radical (unpaired) electrons. The lowest BCUT2D eigenvalue weighted by atomic mass is 10.2. The van der Waals surface area contributed by atoms with Crippen molar-refractivity contribution in [3.05, 3.63) is 59.9 Å². The predicted molar refractivity (Wildman–Crippen MR) is 81.0 cm³/mol. The number of anilines is 1. The van der Waals surface area contributed by atoms with Crippen molar-refractivity contribution in [2.45, 2.75) is 11.4 Å². The Balaban J connectivity index is 2.13. The number of sulfonamides is 1. The minimum absolute atomic E-state index is 0.233. The van der Waals surface area contributed by atoms with E-state index in [4.69, 9.17) is 0 Å². The third-order valence-corrected chi connectivity index (χ3v) is 4.83. The number of nitrogens with one attached hydrogen (secondary N) is 1. The molecule has 2 rings (SSSR count). The molecule has 1 N–H and O–H groups in total. The van der Waals surface area contributed by atoms with Crippen molar-refractivity contribution >= 4 is 15.7 Å². The Morgan fingerprint density at radius 3 is 2.38 bits per heavy atom. The van der Waals surface area contributed by atoms with Gasteiger partial charge in [0.15, 0.2) is 0 Å². The maximum Gasteiger partial charge on any atom is 0.242 e. The minimum Gasteiger partial charge on any atom is -0.381 e. The van der Waals surface area contributed by atoms with Gasteiger partial charge in [0.25, 0.3) is 0 Å². The van der Waals surface area contributed by atoms with Gasteiger partial charge < -0.3 is 5.32 Å². The zero-order valence-corrected chi connectivity index (χ0v) is 12.7. The van der Waals surface area contributed by atoms with Crippen LogP contribution in [-0.2, 0) is 16.6 Å². The summed E-state index contributed by atoms with van der Waals surface area (Å²) in [5, 5.41) is 3.13. The number of rotatable bonds is 5. The van der Waals surface area contributed by atoms with Gasteiger partial charge >= 0.3 is 0 Å². The van der Waals surface area contributed by atoms with Crippen LogP contribution in [0.2, 0.25) is 0 Å². The molecule has 0 aliphatic heterocycles. The average Bonchev–Trinajstić information content (AvgIpc) is 2.47. The maximum atomic E-state index is 12.8. The molecule has 0 fully saturated rings. The second-order valence-electron chi connectivity index (χ2n) is 4.80. The van der Waals surface area contributed by atoms with Gasteiger partial charge in [0.05, 0.1) is 4.90 Å².